The highest BCUT2D eigenvalue weighted by Crippen LogP contribution is 2.35. The number of alkyl halides is 5. The van der Waals surface area contributed by atoms with Crippen LogP contribution >= 0.6 is 0 Å². The van der Waals surface area contributed by atoms with E-state index in [0.29, 0.717) is 6.54 Å². The summed E-state index contributed by atoms with van der Waals surface area (Å²) in [4.78, 5) is 0. The molecule has 104 valence electrons. The zero-order valence-electron chi connectivity index (χ0n) is 9.61. The lowest BCUT2D eigenvalue weighted by atomic mass is 10.3. The molecule has 0 aromatic heterocycles. The Hall–Kier alpha value is -0.470. The summed E-state index contributed by atoms with van der Waals surface area (Å²) in [5, 5.41) is 2.78. The minimum absolute atomic E-state index is 0.0546. The van der Waals surface area contributed by atoms with Crippen molar-refractivity contribution in [2.24, 2.45) is 0 Å². The summed E-state index contributed by atoms with van der Waals surface area (Å²) in [6, 6.07) is 0. The molecule has 0 aliphatic carbocycles. The number of methoxy groups -OCH3 is 1. The number of ether oxygens (including phenoxy) is 2. The fourth-order valence-corrected chi connectivity index (χ4v) is 0.962. The highest BCUT2D eigenvalue weighted by Gasteiger charge is 2.57. The molecular formula is C9H16F5NO2. The molecule has 0 radical (unpaired) electrons. The molecule has 0 fully saturated rings. The first-order valence-corrected chi connectivity index (χ1v) is 5.00. The molecule has 1 atom stereocenters. The Kier molecular flexibility index (Phi) is 6.88. The largest absolute Gasteiger partial charge is 0.455 e. The van der Waals surface area contributed by atoms with Crippen LogP contribution in [0.4, 0.5) is 22.0 Å². The van der Waals surface area contributed by atoms with Crippen molar-refractivity contribution < 1.29 is 31.4 Å². The first kappa shape index (κ1) is 16.5. The summed E-state index contributed by atoms with van der Waals surface area (Å²) < 4.78 is 69.8. The van der Waals surface area contributed by atoms with Crippen LogP contribution < -0.4 is 5.32 Å². The lowest BCUT2D eigenvalue weighted by Crippen LogP contribution is -2.44. The van der Waals surface area contributed by atoms with Gasteiger partial charge in [-0.3, -0.25) is 0 Å². The van der Waals surface area contributed by atoms with Crippen molar-refractivity contribution in [1.82, 2.24) is 5.32 Å². The summed E-state index contributed by atoms with van der Waals surface area (Å²) in [6.07, 6.45) is -6.43. The van der Waals surface area contributed by atoms with Gasteiger partial charge in [0.05, 0.1) is 12.7 Å². The molecule has 0 rings (SSSR count). The van der Waals surface area contributed by atoms with Gasteiger partial charge in [0.2, 0.25) is 0 Å². The normalized spacial score (nSPS) is 15.0. The Morgan fingerprint density at radius 1 is 1.18 bits per heavy atom. The number of hydrogen-bond acceptors (Lipinski definition) is 3. The van der Waals surface area contributed by atoms with E-state index in [-0.39, 0.29) is 13.2 Å². The third kappa shape index (κ3) is 6.13. The van der Waals surface area contributed by atoms with Crippen molar-refractivity contribution in [3.8, 4) is 0 Å². The van der Waals surface area contributed by atoms with Crippen LogP contribution in [0, 0.1) is 0 Å². The van der Waals surface area contributed by atoms with E-state index in [1.165, 1.54) is 7.11 Å². The minimum atomic E-state index is -5.59. The number of hydrogen-bond donors (Lipinski definition) is 1. The maximum Gasteiger partial charge on any atom is 0.455 e. The Balaban J connectivity index is 4.19. The van der Waals surface area contributed by atoms with Crippen molar-refractivity contribution in [3.63, 3.8) is 0 Å². The molecule has 0 aliphatic heterocycles. The van der Waals surface area contributed by atoms with Crippen LogP contribution in [0.25, 0.3) is 0 Å². The van der Waals surface area contributed by atoms with E-state index in [4.69, 9.17) is 0 Å². The summed E-state index contributed by atoms with van der Waals surface area (Å²) in [6.45, 7) is 0.725. The molecule has 0 aliphatic rings. The molecule has 0 bridgehead atoms. The van der Waals surface area contributed by atoms with E-state index in [2.05, 4.69) is 14.8 Å². The quantitative estimate of drug-likeness (QED) is 0.679. The van der Waals surface area contributed by atoms with Gasteiger partial charge in [-0.1, -0.05) is 6.92 Å². The molecule has 0 amide bonds. The Morgan fingerprint density at radius 2 is 1.76 bits per heavy atom. The lowest BCUT2D eigenvalue weighted by Gasteiger charge is -2.23. The molecule has 17 heavy (non-hydrogen) atoms. The van der Waals surface area contributed by atoms with Crippen molar-refractivity contribution in [1.29, 1.82) is 0 Å². The molecule has 1 N–H and O–H groups in total. The predicted molar refractivity (Wildman–Crippen MR) is 51.2 cm³/mol. The molecule has 0 heterocycles. The Bertz CT molecular complexity index is 210. The molecule has 1 unspecified atom stereocenters. The van der Waals surface area contributed by atoms with Gasteiger partial charge >= 0.3 is 12.1 Å². The van der Waals surface area contributed by atoms with Crippen molar-refractivity contribution in [3.05, 3.63) is 0 Å². The SMILES string of the molecule is CCNCC(COC)OCC(F)(F)C(F)(F)F. The van der Waals surface area contributed by atoms with Crippen LogP contribution in [0.2, 0.25) is 0 Å². The van der Waals surface area contributed by atoms with Gasteiger partial charge in [0, 0.05) is 13.7 Å². The average Bonchev–Trinajstić information content (AvgIpc) is 2.20. The first-order chi connectivity index (χ1) is 7.74. The smallest absolute Gasteiger partial charge is 0.382 e. The zero-order valence-corrected chi connectivity index (χ0v) is 9.61. The second-order valence-electron chi connectivity index (χ2n) is 3.40. The van der Waals surface area contributed by atoms with Crippen molar-refractivity contribution >= 4 is 0 Å². The standard InChI is InChI=1S/C9H16F5NO2/c1-3-15-4-7(5-16-2)17-6-8(10,11)9(12,13)14/h7,15H,3-6H2,1-2H3. The summed E-state index contributed by atoms with van der Waals surface area (Å²) in [5.74, 6) is -4.84. The molecule has 0 saturated heterocycles. The van der Waals surface area contributed by atoms with Gasteiger partial charge in [-0.25, -0.2) is 0 Å². The maximum absolute atomic E-state index is 12.5. The highest BCUT2D eigenvalue weighted by molar-refractivity contribution is 4.76. The van der Waals surface area contributed by atoms with E-state index in [9.17, 15) is 22.0 Å². The minimum Gasteiger partial charge on any atom is -0.382 e. The van der Waals surface area contributed by atoms with Gasteiger partial charge in [-0.15, -0.1) is 0 Å². The van der Waals surface area contributed by atoms with Gasteiger partial charge in [0.1, 0.15) is 6.61 Å². The monoisotopic (exact) mass is 265 g/mol. The number of rotatable bonds is 8. The van der Waals surface area contributed by atoms with Crippen LogP contribution in [-0.4, -0.2) is 51.6 Å². The summed E-state index contributed by atoms with van der Waals surface area (Å²) in [5.41, 5.74) is 0. The highest BCUT2D eigenvalue weighted by atomic mass is 19.4. The maximum atomic E-state index is 12.5. The fourth-order valence-electron chi connectivity index (χ4n) is 0.962. The second kappa shape index (κ2) is 7.07. The fraction of sp³-hybridized carbons (Fsp3) is 1.00. The van der Waals surface area contributed by atoms with E-state index in [0.717, 1.165) is 0 Å². The van der Waals surface area contributed by atoms with Crippen LogP contribution in [0.1, 0.15) is 6.92 Å². The van der Waals surface area contributed by atoms with E-state index in [1.807, 2.05) is 0 Å². The van der Waals surface area contributed by atoms with Crippen molar-refractivity contribution in [2.75, 3.05) is 33.4 Å². The van der Waals surface area contributed by atoms with Crippen molar-refractivity contribution in [2.45, 2.75) is 25.1 Å². The van der Waals surface area contributed by atoms with Gasteiger partial charge in [-0.05, 0) is 6.54 Å². The third-order valence-electron chi connectivity index (χ3n) is 1.89. The van der Waals surface area contributed by atoms with Gasteiger partial charge < -0.3 is 14.8 Å². The van der Waals surface area contributed by atoms with Gasteiger partial charge in [0.25, 0.3) is 0 Å². The lowest BCUT2D eigenvalue weighted by molar-refractivity contribution is -0.300. The predicted octanol–water partition coefficient (Wildman–Crippen LogP) is 1.83. The molecule has 0 spiro atoms. The summed E-state index contributed by atoms with van der Waals surface area (Å²) >= 11 is 0. The molecule has 3 nitrogen and oxygen atoms in total. The molecule has 0 aromatic rings. The molecule has 0 aromatic carbocycles. The molecule has 8 heteroatoms. The van der Waals surface area contributed by atoms with Crippen LogP contribution in [0.3, 0.4) is 0 Å². The average molecular weight is 265 g/mol. The van der Waals surface area contributed by atoms with Gasteiger partial charge in [-0.2, -0.15) is 22.0 Å². The second-order valence-corrected chi connectivity index (χ2v) is 3.40. The number of likely N-dealkylation sites (N-methyl/N-ethyl adjacent to an activating group) is 1. The van der Waals surface area contributed by atoms with E-state index >= 15 is 0 Å². The van der Waals surface area contributed by atoms with Crippen LogP contribution in [0.15, 0.2) is 0 Å². The van der Waals surface area contributed by atoms with Crippen LogP contribution in [0.5, 0.6) is 0 Å². The zero-order chi connectivity index (χ0) is 13.5. The number of nitrogens with one attached hydrogen (secondary N) is 1. The Morgan fingerprint density at radius 3 is 2.18 bits per heavy atom. The number of halogens is 5. The van der Waals surface area contributed by atoms with Crippen LogP contribution in [-0.2, 0) is 9.47 Å². The topological polar surface area (TPSA) is 30.5 Å². The van der Waals surface area contributed by atoms with E-state index < -0.39 is 24.8 Å². The molecule has 0 saturated carbocycles. The Labute approximate surface area is 96.3 Å². The molecular weight excluding hydrogens is 249 g/mol. The summed E-state index contributed by atoms with van der Waals surface area (Å²) in [7, 11) is 1.31. The first-order valence-electron chi connectivity index (χ1n) is 5.00. The van der Waals surface area contributed by atoms with E-state index in [1.54, 1.807) is 6.92 Å². The van der Waals surface area contributed by atoms with Gasteiger partial charge in [0.15, 0.2) is 0 Å². The third-order valence-corrected chi connectivity index (χ3v) is 1.89.